The number of rotatable bonds is 10. The van der Waals surface area contributed by atoms with Crippen molar-refractivity contribution in [1.82, 2.24) is 0 Å². The Labute approximate surface area is 203 Å². The number of aryl methyl sites for hydroxylation is 1. The Kier molecular flexibility index (Phi) is 10.3. The SMILES string of the molecule is Cc1cc(C(C)(C)CC(C)(C)C)ccc1OCCOC(C)[N+](C)(C)Cc1ccccc1.[Cl-]. The first-order chi connectivity index (χ1) is 14.3. The van der Waals surface area contributed by atoms with Crippen molar-refractivity contribution < 1.29 is 26.4 Å². The molecule has 2 aromatic carbocycles. The van der Waals surface area contributed by atoms with Gasteiger partial charge < -0.3 is 21.9 Å². The lowest BCUT2D eigenvalue weighted by atomic mass is 9.72. The Morgan fingerprint density at radius 1 is 0.906 bits per heavy atom. The van der Waals surface area contributed by atoms with Crippen LogP contribution in [-0.2, 0) is 16.7 Å². The van der Waals surface area contributed by atoms with E-state index >= 15 is 0 Å². The first kappa shape index (κ1) is 28.5. The van der Waals surface area contributed by atoms with Crippen molar-refractivity contribution in [3.05, 3.63) is 65.2 Å². The minimum Gasteiger partial charge on any atom is -1.00 e. The lowest BCUT2D eigenvalue weighted by molar-refractivity contribution is -0.947. The smallest absolute Gasteiger partial charge is 0.190 e. The molecule has 0 radical (unpaired) electrons. The molecule has 0 aliphatic carbocycles. The van der Waals surface area contributed by atoms with E-state index in [0.29, 0.717) is 18.6 Å². The molecule has 0 bridgehead atoms. The van der Waals surface area contributed by atoms with Gasteiger partial charge in [-0.15, -0.1) is 0 Å². The normalized spacial score (nSPS) is 13.4. The van der Waals surface area contributed by atoms with Crippen LogP contribution in [0.3, 0.4) is 0 Å². The van der Waals surface area contributed by atoms with Gasteiger partial charge >= 0.3 is 0 Å². The van der Waals surface area contributed by atoms with Crippen molar-refractivity contribution in [2.75, 3.05) is 27.3 Å². The molecule has 0 heterocycles. The number of hydrogen-bond acceptors (Lipinski definition) is 2. The molecule has 180 valence electrons. The Morgan fingerprint density at radius 3 is 2.09 bits per heavy atom. The van der Waals surface area contributed by atoms with E-state index in [2.05, 4.69) is 111 Å². The van der Waals surface area contributed by atoms with Crippen LogP contribution >= 0.6 is 0 Å². The molecule has 4 heteroatoms. The average molecular weight is 462 g/mol. The largest absolute Gasteiger partial charge is 1.00 e. The predicted molar refractivity (Wildman–Crippen MR) is 131 cm³/mol. The zero-order valence-corrected chi connectivity index (χ0v) is 22.4. The van der Waals surface area contributed by atoms with Crippen molar-refractivity contribution in [2.24, 2.45) is 5.41 Å². The number of hydrogen-bond donors (Lipinski definition) is 0. The van der Waals surface area contributed by atoms with E-state index in [1.807, 2.05) is 0 Å². The molecule has 0 fully saturated rings. The summed E-state index contributed by atoms with van der Waals surface area (Å²) in [4.78, 5) is 0. The number of benzene rings is 2. The highest BCUT2D eigenvalue weighted by molar-refractivity contribution is 5.39. The van der Waals surface area contributed by atoms with Crippen LogP contribution in [0.1, 0.15) is 64.7 Å². The summed E-state index contributed by atoms with van der Waals surface area (Å²) in [5.74, 6) is 0.949. The zero-order valence-electron chi connectivity index (χ0n) is 21.7. The fourth-order valence-electron chi connectivity index (χ4n) is 4.41. The molecule has 1 atom stereocenters. The minimum atomic E-state index is 0. The van der Waals surface area contributed by atoms with Crippen LogP contribution in [0.2, 0.25) is 0 Å². The van der Waals surface area contributed by atoms with Crippen molar-refractivity contribution in [3.63, 3.8) is 0 Å². The lowest BCUT2D eigenvalue weighted by Crippen LogP contribution is -3.00. The molecule has 2 rings (SSSR count). The summed E-state index contributed by atoms with van der Waals surface area (Å²) in [5.41, 5.74) is 4.32. The van der Waals surface area contributed by atoms with Gasteiger partial charge in [-0.05, 0) is 41.4 Å². The monoisotopic (exact) mass is 461 g/mol. The second-order valence-corrected chi connectivity index (χ2v) is 11.3. The standard InChI is InChI=1S/C28H44NO2.ClH/c1-22-19-25(28(6,7)21-27(3,4)5)15-16-26(22)31-18-17-30-23(2)29(8,9)20-24-13-11-10-12-14-24;/h10-16,19,23H,17-18,20-21H2,1-9H3;1H/q+1;/p-1. The number of halogens is 1. The van der Waals surface area contributed by atoms with Crippen molar-refractivity contribution in [3.8, 4) is 5.75 Å². The molecular formula is C28H44ClNO2. The van der Waals surface area contributed by atoms with Crippen LogP contribution < -0.4 is 17.1 Å². The Morgan fingerprint density at radius 2 is 1.53 bits per heavy atom. The summed E-state index contributed by atoms with van der Waals surface area (Å²) in [7, 11) is 4.42. The van der Waals surface area contributed by atoms with Gasteiger partial charge in [0, 0.05) is 12.5 Å². The van der Waals surface area contributed by atoms with Crippen molar-refractivity contribution in [1.29, 1.82) is 0 Å². The first-order valence-corrected chi connectivity index (χ1v) is 11.5. The molecule has 3 nitrogen and oxygen atoms in total. The van der Waals surface area contributed by atoms with Gasteiger partial charge in [0.05, 0.1) is 20.7 Å². The maximum absolute atomic E-state index is 6.12. The lowest BCUT2D eigenvalue weighted by Gasteiger charge is -2.35. The van der Waals surface area contributed by atoms with Crippen molar-refractivity contribution >= 4 is 0 Å². The molecule has 2 aromatic rings. The molecule has 1 unspecified atom stereocenters. The summed E-state index contributed by atoms with van der Waals surface area (Å²) in [6, 6.07) is 17.2. The fourth-order valence-corrected chi connectivity index (χ4v) is 4.41. The van der Waals surface area contributed by atoms with Gasteiger partial charge in [-0.25, -0.2) is 0 Å². The molecule has 32 heavy (non-hydrogen) atoms. The van der Waals surface area contributed by atoms with E-state index in [0.717, 1.165) is 23.2 Å². The maximum atomic E-state index is 6.12. The van der Waals surface area contributed by atoms with E-state index in [4.69, 9.17) is 9.47 Å². The molecule has 0 aliphatic heterocycles. The number of ether oxygens (including phenoxy) is 2. The molecule has 0 saturated carbocycles. The van der Waals surface area contributed by atoms with E-state index in [1.54, 1.807) is 0 Å². The molecule has 0 aromatic heterocycles. The zero-order chi connectivity index (χ0) is 23.3. The molecule has 0 amide bonds. The fraction of sp³-hybridized carbons (Fsp3) is 0.571. The summed E-state index contributed by atoms with van der Waals surface area (Å²) in [6.07, 6.45) is 1.23. The molecule has 0 N–H and O–H groups in total. The topological polar surface area (TPSA) is 18.5 Å². The minimum absolute atomic E-state index is 0. The summed E-state index contributed by atoms with van der Waals surface area (Å²) in [6.45, 7) is 17.9. The van der Waals surface area contributed by atoms with Gasteiger partial charge in [-0.1, -0.05) is 77.1 Å². The molecule has 0 spiro atoms. The van der Waals surface area contributed by atoms with Gasteiger partial charge in [0.25, 0.3) is 0 Å². The average Bonchev–Trinajstić information content (AvgIpc) is 2.64. The van der Waals surface area contributed by atoms with Crippen LogP contribution in [0.5, 0.6) is 5.75 Å². The highest BCUT2D eigenvalue weighted by atomic mass is 35.5. The van der Waals surface area contributed by atoms with Gasteiger partial charge in [-0.2, -0.15) is 0 Å². The van der Waals surface area contributed by atoms with Gasteiger partial charge in [-0.3, -0.25) is 4.48 Å². The van der Waals surface area contributed by atoms with Crippen LogP contribution in [0.15, 0.2) is 48.5 Å². The van der Waals surface area contributed by atoms with E-state index in [-0.39, 0.29) is 24.0 Å². The third-order valence-electron chi connectivity index (χ3n) is 6.05. The predicted octanol–water partition coefficient (Wildman–Crippen LogP) is 3.73. The summed E-state index contributed by atoms with van der Waals surface area (Å²) >= 11 is 0. The van der Waals surface area contributed by atoms with E-state index in [1.165, 1.54) is 16.7 Å². The van der Waals surface area contributed by atoms with Crippen LogP contribution in [0, 0.1) is 12.3 Å². The third kappa shape index (κ3) is 8.77. The summed E-state index contributed by atoms with van der Waals surface area (Å²) in [5, 5.41) is 0. The molecular weight excluding hydrogens is 418 g/mol. The van der Waals surface area contributed by atoms with Crippen LogP contribution in [0.25, 0.3) is 0 Å². The maximum Gasteiger partial charge on any atom is 0.190 e. The van der Waals surface area contributed by atoms with Crippen LogP contribution in [0.4, 0.5) is 0 Å². The quantitative estimate of drug-likeness (QED) is 0.305. The second-order valence-electron chi connectivity index (χ2n) is 11.3. The van der Waals surface area contributed by atoms with Gasteiger partial charge in [0.15, 0.2) is 6.23 Å². The second kappa shape index (κ2) is 11.5. The highest BCUT2D eigenvalue weighted by Crippen LogP contribution is 2.37. The Balaban J connectivity index is 0.00000512. The molecule has 0 aliphatic rings. The summed E-state index contributed by atoms with van der Waals surface area (Å²) < 4.78 is 13.0. The Hall–Kier alpha value is -1.55. The first-order valence-electron chi connectivity index (χ1n) is 11.5. The van der Waals surface area contributed by atoms with Crippen molar-refractivity contribution in [2.45, 2.75) is 73.1 Å². The Bertz CT molecular complexity index is 825. The highest BCUT2D eigenvalue weighted by Gasteiger charge is 2.28. The number of quaternary nitrogens is 1. The third-order valence-corrected chi connectivity index (χ3v) is 6.05. The van der Waals surface area contributed by atoms with Gasteiger partial charge in [0.1, 0.15) is 18.9 Å². The molecule has 0 saturated heterocycles. The van der Waals surface area contributed by atoms with E-state index < -0.39 is 0 Å². The van der Waals surface area contributed by atoms with Crippen LogP contribution in [-0.4, -0.2) is 38.0 Å². The van der Waals surface area contributed by atoms with Gasteiger partial charge in [0.2, 0.25) is 0 Å². The number of nitrogens with zero attached hydrogens (tertiary/aromatic N) is 1. The van der Waals surface area contributed by atoms with E-state index in [9.17, 15) is 0 Å².